The smallest absolute Gasteiger partial charge is 0.246 e. The van der Waals surface area contributed by atoms with Crippen molar-refractivity contribution in [3.05, 3.63) is 52.0 Å². The number of aromatic amines is 1. The fourth-order valence-corrected chi connectivity index (χ4v) is 2.83. The van der Waals surface area contributed by atoms with E-state index in [0.717, 1.165) is 11.3 Å². The van der Waals surface area contributed by atoms with Gasteiger partial charge in [0.2, 0.25) is 11.8 Å². The molecule has 0 aliphatic carbocycles. The van der Waals surface area contributed by atoms with E-state index in [1.807, 2.05) is 13.8 Å². The van der Waals surface area contributed by atoms with Gasteiger partial charge in [-0.25, -0.2) is 4.98 Å². The maximum Gasteiger partial charge on any atom is 0.246 e. The third kappa shape index (κ3) is 4.84. The number of carbonyl (C=O) groups excluding carboxylic acids is 2. The molecule has 2 amide bonds. The summed E-state index contributed by atoms with van der Waals surface area (Å²) in [6.07, 6.45) is 3.81. The summed E-state index contributed by atoms with van der Waals surface area (Å²) in [4.78, 5) is 33.6. The molecular formula is C18H22Cl2N4O2. The number of nitrogens with one attached hydrogen (secondary N) is 1. The van der Waals surface area contributed by atoms with E-state index in [1.54, 1.807) is 24.4 Å². The van der Waals surface area contributed by atoms with Crippen molar-refractivity contribution in [1.29, 1.82) is 0 Å². The minimum atomic E-state index is -0.777. The number of rotatable bonds is 7. The molecule has 26 heavy (non-hydrogen) atoms. The first-order valence-corrected chi connectivity index (χ1v) is 9.11. The van der Waals surface area contributed by atoms with Crippen LogP contribution in [0, 0.1) is 5.92 Å². The van der Waals surface area contributed by atoms with Crippen molar-refractivity contribution in [1.82, 2.24) is 14.9 Å². The van der Waals surface area contributed by atoms with Gasteiger partial charge in [-0.2, -0.15) is 0 Å². The van der Waals surface area contributed by atoms with Gasteiger partial charge in [-0.15, -0.1) is 0 Å². The highest BCUT2D eigenvalue weighted by Gasteiger charge is 2.30. The number of carbonyl (C=O) groups is 2. The van der Waals surface area contributed by atoms with Crippen LogP contribution in [0.2, 0.25) is 10.0 Å². The molecule has 8 heteroatoms. The third-order valence-corrected chi connectivity index (χ3v) is 5.21. The van der Waals surface area contributed by atoms with Crippen LogP contribution in [0.4, 0.5) is 0 Å². The van der Waals surface area contributed by atoms with Crippen molar-refractivity contribution in [2.45, 2.75) is 39.3 Å². The highest BCUT2D eigenvalue weighted by molar-refractivity contribution is 6.42. The molecule has 0 bridgehead atoms. The lowest BCUT2D eigenvalue weighted by molar-refractivity contribution is -0.146. The summed E-state index contributed by atoms with van der Waals surface area (Å²) >= 11 is 12.3. The van der Waals surface area contributed by atoms with Gasteiger partial charge in [-0.3, -0.25) is 14.5 Å². The molecule has 0 aliphatic heterocycles. The Balaban J connectivity index is 2.29. The summed E-state index contributed by atoms with van der Waals surface area (Å²) in [5.41, 5.74) is 7.21. The van der Waals surface area contributed by atoms with Gasteiger partial charge in [-0.1, -0.05) is 55.6 Å². The average molecular weight is 397 g/mol. The van der Waals surface area contributed by atoms with Crippen molar-refractivity contribution in [3.63, 3.8) is 0 Å². The average Bonchev–Trinajstić information content (AvgIpc) is 3.13. The Morgan fingerprint density at radius 2 is 2.08 bits per heavy atom. The van der Waals surface area contributed by atoms with Gasteiger partial charge in [0.05, 0.1) is 41.1 Å². The molecule has 2 rings (SSSR count). The van der Waals surface area contributed by atoms with Gasteiger partial charge in [0.25, 0.3) is 0 Å². The normalized spacial score (nSPS) is 13.3. The van der Waals surface area contributed by atoms with E-state index < -0.39 is 17.9 Å². The van der Waals surface area contributed by atoms with E-state index in [4.69, 9.17) is 28.9 Å². The van der Waals surface area contributed by atoms with Crippen LogP contribution in [0.3, 0.4) is 0 Å². The van der Waals surface area contributed by atoms with E-state index in [9.17, 15) is 9.59 Å². The largest absolute Gasteiger partial charge is 0.351 e. The zero-order valence-electron chi connectivity index (χ0n) is 14.7. The van der Waals surface area contributed by atoms with Crippen molar-refractivity contribution in [2.75, 3.05) is 0 Å². The van der Waals surface area contributed by atoms with Crippen LogP contribution in [0.25, 0.3) is 0 Å². The highest BCUT2D eigenvalue weighted by Crippen LogP contribution is 2.27. The van der Waals surface area contributed by atoms with Crippen molar-refractivity contribution in [3.8, 4) is 0 Å². The summed E-state index contributed by atoms with van der Waals surface area (Å²) in [7, 11) is 0. The van der Waals surface area contributed by atoms with Crippen LogP contribution in [0.5, 0.6) is 0 Å². The molecule has 0 fully saturated rings. The zero-order valence-corrected chi connectivity index (χ0v) is 16.2. The number of hydrogen-bond donors (Lipinski definition) is 2. The Morgan fingerprint density at radius 3 is 2.69 bits per heavy atom. The molecule has 1 heterocycles. The standard InChI is InChI=1S/C18H22Cl2N4O2/c1-3-11(2)17(21)18(26)24(15(25)7-13-8-22-10-23-13)9-12-5-4-6-14(19)16(12)20/h4-6,8,10-11,17H,3,7,9,21H2,1-2H3,(H,22,23)/t11?,17-/m0/s1. The Labute approximate surface area is 162 Å². The third-order valence-electron chi connectivity index (χ3n) is 4.36. The van der Waals surface area contributed by atoms with Crippen LogP contribution in [0.15, 0.2) is 30.7 Å². The second kappa shape index (κ2) is 9.16. The molecule has 0 saturated heterocycles. The second-order valence-corrected chi connectivity index (χ2v) is 6.96. The molecule has 0 radical (unpaired) electrons. The fourth-order valence-electron chi connectivity index (χ4n) is 2.45. The van der Waals surface area contributed by atoms with Gasteiger partial charge in [-0.05, 0) is 17.5 Å². The number of nitrogens with two attached hydrogens (primary N) is 1. The quantitative estimate of drug-likeness (QED) is 0.751. The SMILES string of the molecule is CCC(C)[C@H](N)C(=O)N(Cc1cccc(Cl)c1Cl)C(=O)Cc1c[nH]cn1. The second-order valence-electron chi connectivity index (χ2n) is 6.18. The lowest BCUT2D eigenvalue weighted by Crippen LogP contribution is -2.49. The summed E-state index contributed by atoms with van der Waals surface area (Å²) < 4.78 is 0. The zero-order chi connectivity index (χ0) is 19.3. The minimum absolute atomic E-state index is 0.00557. The number of H-pyrrole nitrogens is 1. The van der Waals surface area contributed by atoms with Gasteiger partial charge in [0.15, 0.2) is 0 Å². The van der Waals surface area contributed by atoms with Crippen molar-refractivity contribution in [2.24, 2.45) is 11.7 Å². The van der Waals surface area contributed by atoms with Gasteiger partial charge < -0.3 is 10.7 Å². The molecule has 2 atom stereocenters. The number of imidazole rings is 1. The fraction of sp³-hybridized carbons (Fsp3) is 0.389. The Bertz CT molecular complexity index is 765. The molecular weight excluding hydrogens is 375 g/mol. The van der Waals surface area contributed by atoms with Crippen LogP contribution in [0.1, 0.15) is 31.5 Å². The number of amides is 2. The minimum Gasteiger partial charge on any atom is -0.351 e. The lowest BCUT2D eigenvalue weighted by atomic mass is 9.98. The Kier molecular flexibility index (Phi) is 7.20. The van der Waals surface area contributed by atoms with E-state index >= 15 is 0 Å². The van der Waals surface area contributed by atoms with Crippen LogP contribution in [-0.2, 0) is 22.6 Å². The Hall–Kier alpha value is -1.89. The molecule has 0 spiro atoms. The first-order chi connectivity index (χ1) is 12.3. The maximum atomic E-state index is 12.9. The summed E-state index contributed by atoms with van der Waals surface area (Å²) in [6, 6.07) is 4.32. The van der Waals surface area contributed by atoms with Gasteiger partial charge >= 0.3 is 0 Å². The number of halogens is 2. The predicted molar refractivity (Wildman–Crippen MR) is 102 cm³/mol. The number of aromatic nitrogens is 2. The van der Waals surface area contributed by atoms with Crippen LogP contribution >= 0.6 is 23.2 Å². The predicted octanol–water partition coefficient (Wildman–Crippen LogP) is 3.19. The lowest BCUT2D eigenvalue weighted by Gasteiger charge is -2.27. The first kappa shape index (κ1) is 20.4. The monoisotopic (exact) mass is 396 g/mol. The van der Waals surface area contributed by atoms with E-state index in [-0.39, 0.29) is 18.9 Å². The van der Waals surface area contributed by atoms with Gasteiger partial charge in [0, 0.05) is 6.20 Å². The van der Waals surface area contributed by atoms with Crippen molar-refractivity contribution >= 4 is 35.0 Å². The summed E-state index contributed by atoms with van der Waals surface area (Å²) in [6.45, 7) is 3.83. The van der Waals surface area contributed by atoms with E-state index in [2.05, 4.69) is 9.97 Å². The molecule has 0 aliphatic rings. The molecule has 6 nitrogen and oxygen atoms in total. The topological polar surface area (TPSA) is 92.1 Å². The summed E-state index contributed by atoms with van der Waals surface area (Å²) in [5, 5.41) is 0.680. The van der Waals surface area contributed by atoms with Crippen molar-refractivity contribution < 1.29 is 9.59 Å². The first-order valence-electron chi connectivity index (χ1n) is 8.35. The molecule has 1 unspecified atom stereocenters. The number of benzene rings is 1. The van der Waals surface area contributed by atoms with Crippen LogP contribution in [-0.4, -0.2) is 32.7 Å². The number of hydrogen-bond acceptors (Lipinski definition) is 4. The molecule has 3 N–H and O–H groups in total. The van der Waals surface area contributed by atoms with E-state index in [0.29, 0.717) is 21.3 Å². The van der Waals surface area contributed by atoms with Crippen LogP contribution < -0.4 is 5.73 Å². The highest BCUT2D eigenvalue weighted by atomic mass is 35.5. The van der Waals surface area contributed by atoms with E-state index in [1.165, 1.54) is 6.33 Å². The molecule has 2 aromatic rings. The molecule has 0 saturated carbocycles. The summed E-state index contributed by atoms with van der Waals surface area (Å²) in [5.74, 6) is -0.883. The van der Waals surface area contributed by atoms with Gasteiger partial charge in [0.1, 0.15) is 0 Å². The molecule has 1 aromatic heterocycles. The maximum absolute atomic E-state index is 12.9. The number of nitrogens with zero attached hydrogens (tertiary/aromatic N) is 2. The number of imide groups is 1. The molecule has 1 aromatic carbocycles. The Morgan fingerprint density at radius 1 is 1.35 bits per heavy atom. The molecule has 140 valence electrons.